The average molecular weight is 1210 g/mol. The van der Waals surface area contributed by atoms with Crippen LogP contribution in [0, 0.1) is 59.3 Å². The molecule has 0 atom stereocenters. The van der Waals surface area contributed by atoms with E-state index in [1.54, 1.807) is 132 Å². The third kappa shape index (κ3) is 8.25. The Kier molecular flexibility index (Phi) is 12.9. The molecule has 0 bridgehead atoms. The molecule has 0 saturated heterocycles. The summed E-state index contributed by atoms with van der Waals surface area (Å²) < 4.78 is 154. The van der Waals surface area contributed by atoms with Gasteiger partial charge in [-0.25, -0.2) is 39.5 Å². The van der Waals surface area contributed by atoms with Gasteiger partial charge in [-0.1, -0.05) is 139 Å². The van der Waals surface area contributed by atoms with Gasteiger partial charge in [0.1, 0.15) is 69.3 Å². The van der Waals surface area contributed by atoms with E-state index in [9.17, 15) is 0 Å². The quantitative estimate of drug-likeness (QED) is 0.105. The standard InChI is InChI=1S/C73H42B2F9N5S/c1-41-18-8-11-33-58(41)87-61-36-44(85(42-19-4-2-5-20-42)69-50(76)25-14-26-51(69)77)37-62-65(61)74(46-23-9-12-34-59(46)88(62)71-54(80)29-16-30-55(71)81)48-40-49-73(67(84)68(48)87)90-64-39-45(86(43-21-6-3-7-22-43)70-52(78)27-15-28-53(70)79)38-63-66(64)75(49)47-24-10-13-35-60(47)89(63)72-56(82)31-17-32-57(72)83/h2-40H,1H3. The van der Waals surface area contributed by atoms with E-state index in [-0.39, 0.29) is 33.3 Å². The first-order valence-corrected chi connectivity index (χ1v) is 29.7. The molecule has 0 spiro atoms. The molecule has 4 aliphatic rings. The Morgan fingerprint density at radius 3 is 1.16 bits per heavy atom. The number of anilines is 15. The first-order chi connectivity index (χ1) is 43.9. The molecule has 4 aliphatic heterocycles. The van der Waals surface area contributed by atoms with Gasteiger partial charge in [0.25, 0.3) is 6.71 Å². The van der Waals surface area contributed by atoms with Gasteiger partial charge in [-0.15, -0.1) is 0 Å². The number of para-hydroxylation sites is 9. The second-order valence-electron chi connectivity index (χ2n) is 22.3. The Morgan fingerprint density at radius 1 is 0.311 bits per heavy atom. The van der Waals surface area contributed by atoms with Crippen LogP contribution in [0.15, 0.2) is 246 Å². The third-order valence-corrected chi connectivity index (χ3v) is 18.5. The molecule has 0 N–H and O–H groups in total. The van der Waals surface area contributed by atoms with Gasteiger partial charge in [-0.05, 0) is 155 Å². The van der Waals surface area contributed by atoms with Gasteiger partial charge in [0.15, 0.2) is 5.82 Å². The van der Waals surface area contributed by atoms with Crippen LogP contribution in [0.4, 0.5) is 125 Å². The number of nitrogens with zero attached hydrogens (tertiary/aromatic N) is 5. The fourth-order valence-electron chi connectivity index (χ4n) is 13.8. The van der Waals surface area contributed by atoms with Crippen LogP contribution in [-0.4, -0.2) is 13.4 Å². The van der Waals surface area contributed by atoms with Gasteiger partial charge < -0.3 is 24.5 Å². The molecule has 0 fully saturated rings. The highest BCUT2D eigenvalue weighted by Crippen LogP contribution is 2.54. The van der Waals surface area contributed by atoms with E-state index in [1.807, 2.05) is 43.3 Å². The third-order valence-electron chi connectivity index (χ3n) is 17.4. The highest BCUT2D eigenvalue weighted by molar-refractivity contribution is 8.00. The molecule has 90 heavy (non-hydrogen) atoms. The Balaban J connectivity index is 1.03. The zero-order chi connectivity index (χ0) is 61.4. The predicted molar refractivity (Wildman–Crippen MR) is 344 cm³/mol. The van der Waals surface area contributed by atoms with Crippen LogP contribution >= 0.6 is 11.8 Å². The molecule has 4 heterocycles. The molecule has 0 aromatic heterocycles. The lowest BCUT2D eigenvalue weighted by Gasteiger charge is -2.46. The van der Waals surface area contributed by atoms with E-state index in [0.29, 0.717) is 77.4 Å². The molecule has 434 valence electrons. The van der Waals surface area contributed by atoms with Crippen molar-refractivity contribution in [2.24, 2.45) is 0 Å². The minimum atomic E-state index is -0.928. The number of benzene rings is 12. The smallest absolute Gasteiger partial charge is 0.252 e. The van der Waals surface area contributed by atoms with Crippen molar-refractivity contribution in [2.45, 2.75) is 16.7 Å². The average Bonchev–Trinajstić information content (AvgIpc) is 0.783. The number of hydrogen-bond donors (Lipinski definition) is 0. The molecule has 16 rings (SSSR count). The van der Waals surface area contributed by atoms with Crippen molar-refractivity contribution in [2.75, 3.05) is 24.5 Å². The van der Waals surface area contributed by atoms with Crippen LogP contribution in [0.25, 0.3) is 0 Å². The summed E-state index contributed by atoms with van der Waals surface area (Å²) in [4.78, 5) is 8.04. The summed E-state index contributed by atoms with van der Waals surface area (Å²) in [5.74, 6) is -7.94. The lowest BCUT2D eigenvalue weighted by molar-refractivity contribution is 0.584. The normalized spacial score (nSPS) is 13.1. The summed E-state index contributed by atoms with van der Waals surface area (Å²) in [5, 5.41) is 0. The van der Waals surface area contributed by atoms with Crippen molar-refractivity contribution < 1.29 is 39.5 Å². The van der Waals surface area contributed by atoms with E-state index in [1.165, 1.54) is 43.9 Å². The summed E-state index contributed by atoms with van der Waals surface area (Å²) >= 11 is 1.05. The van der Waals surface area contributed by atoms with Gasteiger partial charge in [-0.3, -0.25) is 0 Å². The Bertz CT molecular complexity index is 4900. The Hall–Kier alpha value is -10.5. The largest absolute Gasteiger partial charge is 0.308 e. The van der Waals surface area contributed by atoms with Crippen LogP contribution in [0.2, 0.25) is 0 Å². The Morgan fingerprint density at radius 2 is 0.689 bits per heavy atom. The van der Waals surface area contributed by atoms with Gasteiger partial charge in [0, 0.05) is 61.0 Å². The van der Waals surface area contributed by atoms with Gasteiger partial charge in [-0.2, -0.15) is 0 Å². The van der Waals surface area contributed by atoms with E-state index >= 15 is 39.5 Å². The molecule has 0 radical (unpaired) electrons. The maximum absolute atomic E-state index is 20.1. The van der Waals surface area contributed by atoms with E-state index in [4.69, 9.17) is 0 Å². The van der Waals surface area contributed by atoms with Crippen molar-refractivity contribution in [3.63, 3.8) is 0 Å². The van der Waals surface area contributed by atoms with Gasteiger partial charge in [0.2, 0.25) is 6.71 Å². The number of fused-ring (bicyclic) bond motifs is 8. The molecule has 12 aromatic carbocycles. The molecule has 17 heteroatoms. The van der Waals surface area contributed by atoms with Gasteiger partial charge in [0.05, 0.1) is 11.4 Å². The maximum Gasteiger partial charge on any atom is 0.252 e. The van der Waals surface area contributed by atoms with Crippen molar-refractivity contribution >= 4 is 143 Å². The SMILES string of the molecule is Cc1ccccc1N1c2cc(N(c3ccccc3)c3c(F)cccc3F)cc3c2B(c2ccccc2N3c2c(F)cccc2F)c2cc3c(c(F)c21)Sc1cc(N(c2ccccc2)c2c(F)cccc2F)cc2c1B3c1ccccc1N2c1c(F)cccc1F. The second kappa shape index (κ2) is 21.1. The van der Waals surface area contributed by atoms with E-state index in [2.05, 4.69) is 0 Å². The highest BCUT2D eigenvalue weighted by atomic mass is 32.2. The lowest BCUT2D eigenvalue weighted by atomic mass is 9.31. The minimum Gasteiger partial charge on any atom is -0.308 e. The van der Waals surface area contributed by atoms with Crippen LogP contribution in [0.5, 0.6) is 0 Å². The molecule has 0 aliphatic carbocycles. The summed E-state index contributed by atoms with van der Waals surface area (Å²) in [5.41, 5.74) is 4.89. The van der Waals surface area contributed by atoms with Crippen LogP contribution in [0.1, 0.15) is 5.56 Å². The summed E-state index contributed by atoms with van der Waals surface area (Å²) in [7, 11) is 0. The van der Waals surface area contributed by atoms with Crippen molar-refractivity contribution in [1.82, 2.24) is 0 Å². The number of rotatable bonds is 9. The molecule has 0 saturated carbocycles. The lowest BCUT2D eigenvalue weighted by Crippen LogP contribution is -2.65. The monoisotopic (exact) mass is 1210 g/mol. The molecule has 5 nitrogen and oxygen atoms in total. The van der Waals surface area contributed by atoms with Gasteiger partial charge >= 0.3 is 0 Å². The Labute approximate surface area is 515 Å². The zero-order valence-corrected chi connectivity index (χ0v) is 48.0. The summed E-state index contributed by atoms with van der Waals surface area (Å²) in [6, 6.07) is 61.4. The fraction of sp³-hybridized carbons (Fsp3) is 0.0137. The summed E-state index contributed by atoms with van der Waals surface area (Å²) in [6.45, 7) is 0.0529. The van der Waals surface area contributed by atoms with Crippen LogP contribution < -0.4 is 57.3 Å². The molecule has 12 aromatic rings. The number of halogens is 9. The molecule has 0 unspecified atom stereocenters. The van der Waals surface area contributed by atoms with E-state index < -0.39 is 88.5 Å². The van der Waals surface area contributed by atoms with E-state index in [0.717, 1.165) is 60.3 Å². The summed E-state index contributed by atoms with van der Waals surface area (Å²) in [6.07, 6.45) is 0. The first kappa shape index (κ1) is 54.8. The molecular formula is C73H42B2F9N5S. The maximum atomic E-state index is 20.1. The number of aryl methyl sites for hydroxylation is 1. The van der Waals surface area contributed by atoms with Crippen molar-refractivity contribution in [1.29, 1.82) is 0 Å². The van der Waals surface area contributed by atoms with Crippen molar-refractivity contribution in [3.05, 3.63) is 295 Å². The van der Waals surface area contributed by atoms with Crippen molar-refractivity contribution in [3.8, 4) is 0 Å². The number of hydrogen-bond acceptors (Lipinski definition) is 6. The second-order valence-corrected chi connectivity index (χ2v) is 23.4. The van der Waals surface area contributed by atoms with Crippen LogP contribution in [0.3, 0.4) is 0 Å². The predicted octanol–water partition coefficient (Wildman–Crippen LogP) is 17.0. The first-order valence-electron chi connectivity index (χ1n) is 28.9. The molecular weight excluding hydrogens is 1170 g/mol. The topological polar surface area (TPSA) is 16.2 Å². The fourth-order valence-corrected chi connectivity index (χ4v) is 15.0. The van der Waals surface area contributed by atoms with Crippen LogP contribution in [-0.2, 0) is 0 Å². The highest BCUT2D eigenvalue weighted by Gasteiger charge is 2.50. The minimum absolute atomic E-state index is 0.0816. The molecule has 0 amide bonds. The zero-order valence-electron chi connectivity index (χ0n) is 47.2.